The molecule has 0 fully saturated rings. The van der Waals surface area contributed by atoms with Crippen molar-refractivity contribution in [1.29, 1.82) is 0 Å². The van der Waals surface area contributed by atoms with Gasteiger partial charge in [0.15, 0.2) is 11.4 Å². The maximum atomic E-state index is 11.9. The molecule has 0 radical (unpaired) electrons. The summed E-state index contributed by atoms with van der Waals surface area (Å²) >= 11 is 2.85. The molecule has 4 nitrogen and oxygen atoms in total. The van der Waals surface area contributed by atoms with Crippen LogP contribution in [0.2, 0.25) is 0 Å². The highest BCUT2D eigenvalue weighted by Crippen LogP contribution is 2.27. The summed E-state index contributed by atoms with van der Waals surface area (Å²) in [5.74, 6) is -2.45. The summed E-state index contributed by atoms with van der Waals surface area (Å²) in [6, 6.07) is 0.879. The molecule has 0 amide bonds. The van der Waals surface area contributed by atoms with Gasteiger partial charge < -0.3 is 9.84 Å². The number of aromatic nitrogens is 1. The highest BCUT2D eigenvalue weighted by molar-refractivity contribution is 9.10. The summed E-state index contributed by atoms with van der Waals surface area (Å²) in [6.45, 7) is 0. The van der Waals surface area contributed by atoms with Crippen molar-refractivity contribution in [2.45, 2.75) is 6.36 Å². The number of carbonyl (C=O) groups is 1. The van der Waals surface area contributed by atoms with Crippen LogP contribution in [-0.4, -0.2) is 22.4 Å². The summed E-state index contributed by atoms with van der Waals surface area (Å²) in [5, 5.41) is 8.53. The van der Waals surface area contributed by atoms with E-state index < -0.39 is 23.8 Å². The molecule has 8 heteroatoms. The lowest BCUT2D eigenvalue weighted by atomic mass is 10.3. The number of hydrogen-bond donors (Lipinski definition) is 1. The van der Waals surface area contributed by atoms with Crippen LogP contribution in [-0.2, 0) is 0 Å². The molecule has 0 unspecified atom stereocenters. The van der Waals surface area contributed by atoms with Crippen molar-refractivity contribution in [3.05, 3.63) is 22.4 Å². The third-order valence-corrected chi connectivity index (χ3v) is 1.68. The van der Waals surface area contributed by atoms with Gasteiger partial charge in [-0.15, -0.1) is 13.2 Å². The Bertz CT molecular complexity index is 394. The number of carboxylic acids is 1. The van der Waals surface area contributed by atoms with E-state index in [0.717, 1.165) is 12.3 Å². The molecule has 0 bridgehead atoms. The van der Waals surface area contributed by atoms with E-state index in [9.17, 15) is 18.0 Å². The van der Waals surface area contributed by atoms with E-state index in [0.29, 0.717) is 0 Å². The molecule has 0 aliphatic carbocycles. The summed E-state index contributed by atoms with van der Waals surface area (Å²) < 4.78 is 39.3. The normalized spacial score (nSPS) is 11.2. The Balaban J connectivity index is 3.13. The molecule has 0 aliphatic rings. The average molecular weight is 286 g/mol. The number of halogens is 4. The quantitative estimate of drug-likeness (QED) is 0.907. The van der Waals surface area contributed by atoms with E-state index in [1.807, 2.05) is 0 Å². The number of nitrogens with zero attached hydrogens (tertiary/aromatic N) is 1. The third-order valence-electron chi connectivity index (χ3n) is 1.25. The maximum Gasteiger partial charge on any atom is 0.573 e. The summed E-state index contributed by atoms with van der Waals surface area (Å²) in [6.07, 6.45) is -3.89. The lowest BCUT2D eigenvalue weighted by molar-refractivity contribution is -0.274. The predicted molar refractivity (Wildman–Crippen MR) is 45.6 cm³/mol. The Labute approximate surface area is 89.8 Å². The number of ether oxygens (including phenoxy) is 1. The number of alkyl halides is 3. The number of aromatic carboxylic acids is 1. The molecule has 1 aromatic rings. The molecule has 1 N–H and O–H groups in total. The van der Waals surface area contributed by atoms with Crippen molar-refractivity contribution < 1.29 is 27.8 Å². The van der Waals surface area contributed by atoms with Crippen molar-refractivity contribution in [3.63, 3.8) is 0 Å². The first-order valence-electron chi connectivity index (χ1n) is 3.44. The van der Waals surface area contributed by atoms with Crippen LogP contribution in [0.1, 0.15) is 10.5 Å². The zero-order chi connectivity index (χ0) is 11.6. The first kappa shape index (κ1) is 11.8. The standard InChI is InChI=1S/C7H3BrF3NO3/c8-3-1-4(15-7(9,10)11)5(6(13)14)12-2-3/h1-2H,(H,13,14). The summed E-state index contributed by atoms with van der Waals surface area (Å²) in [7, 11) is 0. The Kier molecular flexibility index (Phi) is 3.18. The predicted octanol–water partition coefficient (Wildman–Crippen LogP) is 2.44. The fourth-order valence-corrected chi connectivity index (χ4v) is 1.09. The van der Waals surface area contributed by atoms with Gasteiger partial charge in [0.25, 0.3) is 0 Å². The molecule has 15 heavy (non-hydrogen) atoms. The topological polar surface area (TPSA) is 59.4 Å². The highest BCUT2D eigenvalue weighted by Gasteiger charge is 2.33. The van der Waals surface area contributed by atoms with Crippen molar-refractivity contribution in [2.75, 3.05) is 0 Å². The fraction of sp³-hybridized carbons (Fsp3) is 0.143. The van der Waals surface area contributed by atoms with Crippen LogP contribution in [0.3, 0.4) is 0 Å². The zero-order valence-corrected chi connectivity index (χ0v) is 8.46. The molecule has 0 atom stereocenters. The minimum absolute atomic E-state index is 0.187. The molecule has 0 saturated heterocycles. The lowest BCUT2D eigenvalue weighted by Crippen LogP contribution is -2.19. The Morgan fingerprint density at radius 1 is 1.53 bits per heavy atom. The van der Waals surface area contributed by atoms with E-state index in [2.05, 4.69) is 25.7 Å². The van der Waals surface area contributed by atoms with Gasteiger partial charge in [-0.2, -0.15) is 0 Å². The molecular weight excluding hydrogens is 283 g/mol. The zero-order valence-electron chi connectivity index (χ0n) is 6.88. The smallest absolute Gasteiger partial charge is 0.476 e. The minimum atomic E-state index is -4.95. The Morgan fingerprint density at radius 2 is 2.13 bits per heavy atom. The SMILES string of the molecule is O=C(O)c1ncc(Br)cc1OC(F)(F)F. The number of hydrogen-bond acceptors (Lipinski definition) is 3. The van der Waals surface area contributed by atoms with Crippen molar-refractivity contribution in [1.82, 2.24) is 4.98 Å². The second kappa shape index (κ2) is 4.05. The lowest BCUT2D eigenvalue weighted by Gasteiger charge is -2.10. The molecule has 1 heterocycles. The second-order valence-corrected chi connectivity index (χ2v) is 3.27. The molecule has 0 saturated carbocycles. The third kappa shape index (κ3) is 3.39. The van der Waals surface area contributed by atoms with Crippen LogP contribution >= 0.6 is 15.9 Å². The Morgan fingerprint density at radius 3 is 2.60 bits per heavy atom. The summed E-state index contributed by atoms with van der Waals surface area (Å²) in [4.78, 5) is 13.8. The highest BCUT2D eigenvalue weighted by atomic mass is 79.9. The van der Waals surface area contributed by atoms with E-state index in [1.54, 1.807) is 0 Å². The summed E-state index contributed by atoms with van der Waals surface area (Å²) in [5.41, 5.74) is -0.796. The number of rotatable bonds is 2. The fourth-order valence-electron chi connectivity index (χ4n) is 0.784. The van der Waals surface area contributed by atoms with Crippen LogP contribution < -0.4 is 4.74 Å². The minimum Gasteiger partial charge on any atom is -0.476 e. The molecule has 0 aromatic carbocycles. The van der Waals surface area contributed by atoms with Crippen molar-refractivity contribution in [3.8, 4) is 5.75 Å². The van der Waals surface area contributed by atoms with Crippen LogP contribution in [0.15, 0.2) is 16.7 Å². The average Bonchev–Trinajstić information content (AvgIpc) is 1.99. The van der Waals surface area contributed by atoms with E-state index in [-0.39, 0.29) is 4.47 Å². The van der Waals surface area contributed by atoms with Gasteiger partial charge in [-0.1, -0.05) is 0 Å². The molecule has 1 rings (SSSR count). The van der Waals surface area contributed by atoms with Gasteiger partial charge in [0.2, 0.25) is 0 Å². The molecule has 1 aromatic heterocycles. The van der Waals surface area contributed by atoms with E-state index >= 15 is 0 Å². The number of carboxylic acid groups (broad SMARTS) is 1. The largest absolute Gasteiger partial charge is 0.573 e. The first-order chi connectivity index (χ1) is 6.79. The van der Waals surface area contributed by atoms with Crippen LogP contribution in [0.4, 0.5) is 13.2 Å². The van der Waals surface area contributed by atoms with Crippen LogP contribution in [0.25, 0.3) is 0 Å². The molecule has 82 valence electrons. The van der Waals surface area contributed by atoms with Crippen LogP contribution in [0.5, 0.6) is 5.75 Å². The molecular formula is C7H3BrF3NO3. The molecule has 0 aliphatic heterocycles. The first-order valence-corrected chi connectivity index (χ1v) is 4.23. The number of pyridine rings is 1. The second-order valence-electron chi connectivity index (χ2n) is 2.35. The van der Waals surface area contributed by atoms with Gasteiger partial charge in [-0.25, -0.2) is 9.78 Å². The van der Waals surface area contributed by atoms with Crippen molar-refractivity contribution in [2.24, 2.45) is 0 Å². The monoisotopic (exact) mass is 285 g/mol. The van der Waals surface area contributed by atoms with Gasteiger partial charge >= 0.3 is 12.3 Å². The van der Waals surface area contributed by atoms with Crippen LogP contribution in [0, 0.1) is 0 Å². The van der Waals surface area contributed by atoms with E-state index in [1.165, 1.54) is 0 Å². The Hall–Kier alpha value is -1.31. The van der Waals surface area contributed by atoms with Gasteiger partial charge in [-0.3, -0.25) is 0 Å². The van der Waals surface area contributed by atoms with Gasteiger partial charge in [0, 0.05) is 10.7 Å². The van der Waals surface area contributed by atoms with Gasteiger partial charge in [-0.05, 0) is 22.0 Å². The van der Waals surface area contributed by atoms with Crippen molar-refractivity contribution >= 4 is 21.9 Å². The van der Waals surface area contributed by atoms with Gasteiger partial charge in [0.05, 0.1) is 0 Å². The van der Waals surface area contributed by atoms with Gasteiger partial charge in [0.1, 0.15) is 0 Å². The maximum absolute atomic E-state index is 11.9. The molecule has 0 spiro atoms. The van der Waals surface area contributed by atoms with E-state index in [4.69, 9.17) is 5.11 Å².